The Kier molecular flexibility index (Phi) is 4.52. The molecule has 0 radical (unpaired) electrons. The molecule has 1 aromatic heterocycles. The Bertz CT molecular complexity index is 718. The van der Waals surface area contributed by atoms with Crippen LogP contribution in [0.1, 0.15) is 43.4 Å². The van der Waals surface area contributed by atoms with Gasteiger partial charge in [-0.25, -0.2) is 0 Å². The highest BCUT2D eigenvalue weighted by atomic mass is 16.5. The molecule has 1 N–H and O–H groups in total. The Morgan fingerprint density at radius 2 is 2.08 bits per heavy atom. The molecule has 2 aliphatic heterocycles. The van der Waals surface area contributed by atoms with Gasteiger partial charge in [-0.1, -0.05) is 25.1 Å². The van der Waals surface area contributed by atoms with Crippen molar-refractivity contribution < 1.29 is 4.74 Å². The van der Waals surface area contributed by atoms with E-state index in [-0.39, 0.29) is 5.60 Å². The maximum Gasteiger partial charge on any atom is 0.124 e. The van der Waals surface area contributed by atoms with Gasteiger partial charge in [-0.15, -0.1) is 0 Å². The van der Waals surface area contributed by atoms with Gasteiger partial charge in [0, 0.05) is 56.5 Å². The predicted octanol–water partition coefficient (Wildman–Crippen LogP) is 2.89. The number of rotatable bonds is 4. The third kappa shape index (κ3) is 3.44. The van der Waals surface area contributed by atoms with Gasteiger partial charge in [-0.2, -0.15) is 5.10 Å². The van der Waals surface area contributed by atoms with Crippen LogP contribution in [0, 0.1) is 0 Å². The van der Waals surface area contributed by atoms with Gasteiger partial charge in [0.05, 0.1) is 6.20 Å². The average molecular weight is 340 g/mol. The summed E-state index contributed by atoms with van der Waals surface area (Å²) in [4.78, 5) is 2.52. The van der Waals surface area contributed by atoms with Crippen LogP contribution in [0.3, 0.4) is 0 Å². The Morgan fingerprint density at radius 3 is 2.80 bits per heavy atom. The molecule has 2 aromatic rings. The average Bonchev–Trinajstić information content (AvgIpc) is 3.06. The summed E-state index contributed by atoms with van der Waals surface area (Å²) >= 11 is 0. The van der Waals surface area contributed by atoms with Crippen molar-refractivity contribution in [2.75, 3.05) is 19.6 Å². The summed E-state index contributed by atoms with van der Waals surface area (Å²) in [5, 5.41) is 8.03. The van der Waals surface area contributed by atoms with E-state index in [2.05, 4.69) is 52.7 Å². The molecule has 0 saturated carbocycles. The minimum Gasteiger partial charge on any atom is -0.487 e. The second-order valence-electron chi connectivity index (χ2n) is 7.42. The molecule has 0 bridgehead atoms. The molecule has 1 spiro atoms. The van der Waals surface area contributed by atoms with E-state index in [9.17, 15) is 0 Å². The topological polar surface area (TPSA) is 42.3 Å². The first kappa shape index (κ1) is 16.6. The summed E-state index contributed by atoms with van der Waals surface area (Å²) in [6.07, 6.45) is 7.28. The van der Waals surface area contributed by atoms with Crippen LogP contribution in [0.25, 0.3) is 0 Å². The highest BCUT2D eigenvalue weighted by Gasteiger charge is 2.42. The van der Waals surface area contributed by atoms with Crippen molar-refractivity contribution in [1.82, 2.24) is 20.0 Å². The number of para-hydroxylation sites is 1. The van der Waals surface area contributed by atoms with Gasteiger partial charge in [0.25, 0.3) is 0 Å². The van der Waals surface area contributed by atoms with Crippen molar-refractivity contribution in [1.29, 1.82) is 0 Å². The fraction of sp³-hybridized carbons (Fsp3) is 0.550. The fourth-order valence-electron chi connectivity index (χ4n) is 4.19. The normalized spacial score (nSPS) is 22.6. The van der Waals surface area contributed by atoms with Crippen molar-refractivity contribution in [3.63, 3.8) is 0 Å². The largest absolute Gasteiger partial charge is 0.487 e. The monoisotopic (exact) mass is 340 g/mol. The molecule has 0 aliphatic carbocycles. The lowest BCUT2D eigenvalue weighted by Gasteiger charge is -2.47. The van der Waals surface area contributed by atoms with Gasteiger partial charge >= 0.3 is 0 Å². The fourth-order valence-corrected chi connectivity index (χ4v) is 4.19. The van der Waals surface area contributed by atoms with E-state index in [1.165, 1.54) is 11.1 Å². The van der Waals surface area contributed by atoms with E-state index in [1.807, 2.05) is 17.9 Å². The van der Waals surface area contributed by atoms with Gasteiger partial charge < -0.3 is 15.0 Å². The first-order valence-electron chi connectivity index (χ1n) is 9.39. The zero-order chi connectivity index (χ0) is 17.3. The zero-order valence-corrected chi connectivity index (χ0v) is 15.2. The van der Waals surface area contributed by atoms with Crippen LogP contribution < -0.4 is 10.1 Å². The molecule has 0 amide bonds. The van der Waals surface area contributed by atoms with Gasteiger partial charge in [-0.3, -0.25) is 4.68 Å². The first-order valence-corrected chi connectivity index (χ1v) is 9.39. The Balaban J connectivity index is 1.53. The standard InChI is InChI=1S/C20H28N4O/c1-3-24-10-8-20(9-11-24)12-18(17-6-4-5-7-19(17)25-20)21-13-16-14-22-23(2)15-16/h4-7,14-15,18,21H,3,8-13H2,1-2H3/t18-/m1/s1. The van der Waals surface area contributed by atoms with Crippen LogP contribution in [0.2, 0.25) is 0 Å². The molecule has 2 aliphatic rings. The van der Waals surface area contributed by atoms with E-state index in [4.69, 9.17) is 4.74 Å². The minimum absolute atomic E-state index is 0.0212. The van der Waals surface area contributed by atoms with Crippen LogP contribution >= 0.6 is 0 Å². The molecule has 4 rings (SSSR count). The number of nitrogens with zero attached hydrogens (tertiary/aromatic N) is 3. The Morgan fingerprint density at radius 1 is 1.28 bits per heavy atom. The number of nitrogens with one attached hydrogen (secondary N) is 1. The van der Waals surface area contributed by atoms with E-state index >= 15 is 0 Å². The molecule has 3 heterocycles. The van der Waals surface area contributed by atoms with E-state index < -0.39 is 0 Å². The SMILES string of the molecule is CCN1CCC2(CC1)C[C@@H](NCc1cnn(C)c1)c1ccccc1O2. The molecule has 1 saturated heterocycles. The van der Waals surface area contributed by atoms with Crippen molar-refractivity contribution >= 4 is 0 Å². The van der Waals surface area contributed by atoms with Crippen molar-refractivity contribution in [2.45, 2.75) is 44.4 Å². The number of aryl methyl sites for hydroxylation is 1. The second kappa shape index (κ2) is 6.81. The zero-order valence-electron chi connectivity index (χ0n) is 15.2. The summed E-state index contributed by atoms with van der Waals surface area (Å²) in [6.45, 7) is 6.48. The van der Waals surface area contributed by atoms with Crippen molar-refractivity contribution in [3.05, 3.63) is 47.8 Å². The molecule has 25 heavy (non-hydrogen) atoms. The second-order valence-corrected chi connectivity index (χ2v) is 7.42. The summed E-state index contributed by atoms with van der Waals surface area (Å²) < 4.78 is 8.41. The molecular weight excluding hydrogens is 312 g/mol. The van der Waals surface area contributed by atoms with Crippen molar-refractivity contribution in [3.8, 4) is 5.75 Å². The van der Waals surface area contributed by atoms with Gasteiger partial charge in [-0.05, 0) is 25.5 Å². The molecule has 1 aromatic carbocycles. The van der Waals surface area contributed by atoms with E-state index in [0.29, 0.717) is 6.04 Å². The minimum atomic E-state index is -0.0212. The highest BCUT2D eigenvalue weighted by molar-refractivity contribution is 5.39. The first-order chi connectivity index (χ1) is 12.2. The quantitative estimate of drug-likeness (QED) is 0.929. The molecule has 5 heteroatoms. The maximum atomic E-state index is 6.56. The summed E-state index contributed by atoms with van der Waals surface area (Å²) in [5.74, 6) is 1.06. The lowest BCUT2D eigenvalue weighted by Crippen LogP contribution is -2.51. The van der Waals surface area contributed by atoms with Crippen LogP contribution in [-0.2, 0) is 13.6 Å². The number of hydrogen-bond donors (Lipinski definition) is 1. The van der Waals surface area contributed by atoms with Gasteiger partial charge in [0.15, 0.2) is 0 Å². The number of aromatic nitrogens is 2. The summed E-state index contributed by atoms with van der Waals surface area (Å²) in [7, 11) is 1.96. The van der Waals surface area contributed by atoms with Gasteiger partial charge in [0.1, 0.15) is 11.4 Å². The van der Waals surface area contributed by atoms with Crippen molar-refractivity contribution in [2.24, 2.45) is 7.05 Å². The Hall–Kier alpha value is -1.85. The highest BCUT2D eigenvalue weighted by Crippen LogP contribution is 2.44. The molecular formula is C20H28N4O. The number of piperidine rings is 1. The van der Waals surface area contributed by atoms with E-state index in [1.54, 1.807) is 0 Å². The lowest BCUT2D eigenvalue weighted by molar-refractivity contribution is -0.0244. The smallest absolute Gasteiger partial charge is 0.124 e. The third-order valence-electron chi connectivity index (χ3n) is 5.72. The van der Waals surface area contributed by atoms with Gasteiger partial charge in [0.2, 0.25) is 0 Å². The number of fused-ring (bicyclic) bond motifs is 1. The van der Waals surface area contributed by atoms with Crippen LogP contribution in [0.5, 0.6) is 5.75 Å². The summed E-state index contributed by atoms with van der Waals surface area (Å²) in [5.41, 5.74) is 2.49. The van der Waals surface area contributed by atoms with E-state index in [0.717, 1.165) is 51.2 Å². The molecule has 5 nitrogen and oxygen atoms in total. The van der Waals surface area contributed by atoms with Crippen LogP contribution in [0.15, 0.2) is 36.7 Å². The Labute approximate surface area is 150 Å². The third-order valence-corrected chi connectivity index (χ3v) is 5.72. The van der Waals surface area contributed by atoms with Crippen LogP contribution in [0.4, 0.5) is 0 Å². The molecule has 134 valence electrons. The summed E-state index contributed by atoms with van der Waals surface area (Å²) in [6, 6.07) is 8.85. The number of likely N-dealkylation sites (tertiary alicyclic amines) is 1. The van der Waals surface area contributed by atoms with Crippen LogP contribution in [-0.4, -0.2) is 39.9 Å². The lowest BCUT2D eigenvalue weighted by atomic mass is 9.80. The molecule has 0 unspecified atom stereocenters. The molecule has 1 fully saturated rings. The number of hydrogen-bond acceptors (Lipinski definition) is 4. The number of ether oxygens (including phenoxy) is 1. The predicted molar refractivity (Wildman–Crippen MR) is 98.6 cm³/mol. The number of benzene rings is 1. The maximum absolute atomic E-state index is 6.56. The molecule has 1 atom stereocenters.